The average Bonchev–Trinajstić information content (AvgIpc) is 3.08. The Morgan fingerprint density at radius 3 is 2.79 bits per heavy atom. The fourth-order valence-corrected chi connectivity index (χ4v) is 4.01. The number of hydrogen-bond acceptors (Lipinski definition) is 3. The molecule has 1 saturated carbocycles. The Kier molecular flexibility index (Phi) is 10.7. The number of unbranched alkanes of at least 4 members (excludes halogenated alkanes) is 1. The van der Waals surface area contributed by atoms with E-state index in [1.807, 2.05) is 37.3 Å². The van der Waals surface area contributed by atoms with Crippen molar-refractivity contribution >= 4 is 5.91 Å². The van der Waals surface area contributed by atoms with Crippen LogP contribution in [0, 0.1) is 11.8 Å². The van der Waals surface area contributed by atoms with Gasteiger partial charge in [0.15, 0.2) is 0 Å². The molecule has 4 heteroatoms. The molecular weight excluding hydrogens is 362 g/mol. The lowest BCUT2D eigenvalue weighted by Crippen LogP contribution is -2.21. The SMILES string of the molecule is CCNC(=O)CCCC=CC[C@H]1CC[C@@H](O)[C@H]1C=C[C@@H](O)CCc1ccccc1. The number of benzene rings is 1. The predicted molar refractivity (Wildman–Crippen MR) is 118 cm³/mol. The molecule has 29 heavy (non-hydrogen) atoms. The molecule has 1 aromatic rings. The van der Waals surface area contributed by atoms with Gasteiger partial charge in [0.05, 0.1) is 12.2 Å². The van der Waals surface area contributed by atoms with Gasteiger partial charge in [0.2, 0.25) is 5.91 Å². The summed E-state index contributed by atoms with van der Waals surface area (Å²) in [4.78, 5) is 11.4. The molecule has 1 aliphatic carbocycles. The van der Waals surface area contributed by atoms with Crippen LogP contribution in [-0.2, 0) is 11.2 Å². The second-order valence-electron chi connectivity index (χ2n) is 8.01. The number of hydrogen-bond donors (Lipinski definition) is 3. The molecule has 0 bridgehead atoms. The monoisotopic (exact) mass is 399 g/mol. The molecule has 4 nitrogen and oxygen atoms in total. The minimum atomic E-state index is -0.478. The minimum absolute atomic E-state index is 0.112. The van der Waals surface area contributed by atoms with Crippen LogP contribution in [0.15, 0.2) is 54.6 Å². The summed E-state index contributed by atoms with van der Waals surface area (Å²) in [6.45, 7) is 2.62. The van der Waals surface area contributed by atoms with Crippen molar-refractivity contribution in [1.29, 1.82) is 0 Å². The lowest BCUT2D eigenvalue weighted by atomic mass is 9.90. The highest BCUT2D eigenvalue weighted by Crippen LogP contribution is 2.36. The molecule has 0 saturated heterocycles. The molecule has 0 radical (unpaired) electrons. The lowest BCUT2D eigenvalue weighted by Gasteiger charge is -2.18. The summed E-state index contributed by atoms with van der Waals surface area (Å²) in [5.41, 5.74) is 1.23. The van der Waals surface area contributed by atoms with E-state index in [-0.39, 0.29) is 17.9 Å². The molecule has 0 aliphatic heterocycles. The smallest absolute Gasteiger partial charge is 0.219 e. The van der Waals surface area contributed by atoms with Crippen LogP contribution in [0.4, 0.5) is 0 Å². The predicted octanol–water partition coefficient (Wildman–Crippen LogP) is 4.18. The van der Waals surface area contributed by atoms with Gasteiger partial charge in [-0.25, -0.2) is 0 Å². The van der Waals surface area contributed by atoms with Crippen molar-refractivity contribution in [2.24, 2.45) is 11.8 Å². The standard InChI is InChI=1S/C25H37NO3/c1-2-26-25(29)13-9-4-3-8-12-21-15-19-24(28)23(21)18-17-22(27)16-14-20-10-6-5-7-11-20/h3,5-8,10-11,17-18,21-24,27-28H,2,4,9,12-16,19H2,1H3,(H,26,29)/t21-,22-,23-,24+/m0/s1. The van der Waals surface area contributed by atoms with Gasteiger partial charge in [-0.2, -0.15) is 0 Å². The molecule has 3 N–H and O–H groups in total. The molecule has 1 aromatic carbocycles. The molecular formula is C25H37NO3. The molecule has 1 amide bonds. The Labute approximate surface area is 175 Å². The maximum absolute atomic E-state index is 11.4. The summed E-state index contributed by atoms with van der Waals surface area (Å²) in [7, 11) is 0. The van der Waals surface area contributed by atoms with Crippen molar-refractivity contribution < 1.29 is 15.0 Å². The number of allylic oxidation sites excluding steroid dienone is 2. The van der Waals surface area contributed by atoms with Crippen LogP contribution in [-0.4, -0.2) is 34.9 Å². The van der Waals surface area contributed by atoms with E-state index >= 15 is 0 Å². The van der Waals surface area contributed by atoms with Crippen molar-refractivity contribution in [3.63, 3.8) is 0 Å². The molecule has 1 aliphatic rings. The Morgan fingerprint density at radius 2 is 2.03 bits per heavy atom. The number of nitrogens with one attached hydrogen (secondary N) is 1. The van der Waals surface area contributed by atoms with E-state index in [4.69, 9.17) is 0 Å². The summed E-state index contributed by atoms with van der Waals surface area (Å²) < 4.78 is 0. The van der Waals surface area contributed by atoms with Gasteiger partial charge in [0.25, 0.3) is 0 Å². The third-order valence-electron chi connectivity index (χ3n) is 5.70. The van der Waals surface area contributed by atoms with Gasteiger partial charge in [0.1, 0.15) is 0 Å². The second-order valence-corrected chi connectivity index (χ2v) is 8.01. The third kappa shape index (κ3) is 8.97. The molecule has 160 valence electrons. The number of carbonyl (C=O) groups is 1. The van der Waals surface area contributed by atoms with Gasteiger partial charge in [0, 0.05) is 18.9 Å². The van der Waals surface area contributed by atoms with E-state index in [0.29, 0.717) is 25.3 Å². The summed E-state index contributed by atoms with van der Waals surface area (Å²) in [6.07, 6.45) is 14.1. The van der Waals surface area contributed by atoms with Gasteiger partial charge < -0.3 is 15.5 Å². The highest BCUT2D eigenvalue weighted by atomic mass is 16.3. The lowest BCUT2D eigenvalue weighted by molar-refractivity contribution is -0.121. The number of aryl methyl sites for hydroxylation is 1. The molecule has 0 heterocycles. The molecule has 1 fully saturated rings. The van der Waals surface area contributed by atoms with E-state index in [9.17, 15) is 15.0 Å². The van der Waals surface area contributed by atoms with E-state index in [1.54, 1.807) is 0 Å². The summed E-state index contributed by atoms with van der Waals surface area (Å²) >= 11 is 0. The highest BCUT2D eigenvalue weighted by molar-refractivity contribution is 5.75. The normalized spacial score (nSPS) is 23.1. The maximum Gasteiger partial charge on any atom is 0.219 e. The van der Waals surface area contributed by atoms with Crippen molar-refractivity contribution in [2.75, 3.05) is 6.54 Å². The topological polar surface area (TPSA) is 69.6 Å². The third-order valence-corrected chi connectivity index (χ3v) is 5.70. The van der Waals surface area contributed by atoms with Crippen LogP contribution in [0.1, 0.15) is 57.4 Å². The van der Waals surface area contributed by atoms with Crippen molar-refractivity contribution in [3.8, 4) is 0 Å². The number of aliphatic hydroxyl groups excluding tert-OH is 2. The molecule has 0 aromatic heterocycles. The van der Waals surface area contributed by atoms with Crippen LogP contribution >= 0.6 is 0 Å². The molecule has 0 unspecified atom stereocenters. The first kappa shape index (κ1) is 23.4. The van der Waals surface area contributed by atoms with Crippen LogP contribution in [0.2, 0.25) is 0 Å². The van der Waals surface area contributed by atoms with E-state index in [2.05, 4.69) is 29.6 Å². The summed E-state index contributed by atoms with van der Waals surface area (Å²) in [5, 5.41) is 23.4. The number of rotatable bonds is 12. The minimum Gasteiger partial charge on any atom is -0.393 e. The van der Waals surface area contributed by atoms with Crippen LogP contribution in [0.25, 0.3) is 0 Å². The van der Waals surface area contributed by atoms with Crippen molar-refractivity contribution in [3.05, 3.63) is 60.2 Å². The molecule has 0 spiro atoms. The first-order valence-corrected chi connectivity index (χ1v) is 11.1. The van der Waals surface area contributed by atoms with Gasteiger partial charge in [-0.1, -0.05) is 54.6 Å². The quantitative estimate of drug-likeness (QED) is 0.365. The van der Waals surface area contributed by atoms with Crippen LogP contribution in [0.5, 0.6) is 0 Å². The van der Waals surface area contributed by atoms with Gasteiger partial charge in [-0.05, 0) is 63.4 Å². The van der Waals surface area contributed by atoms with Crippen LogP contribution < -0.4 is 5.32 Å². The number of amides is 1. The Hall–Kier alpha value is -1.91. The van der Waals surface area contributed by atoms with Gasteiger partial charge >= 0.3 is 0 Å². The van der Waals surface area contributed by atoms with Crippen LogP contribution in [0.3, 0.4) is 0 Å². The number of aliphatic hydroxyl groups is 2. The zero-order valence-electron chi connectivity index (χ0n) is 17.7. The first-order chi connectivity index (χ1) is 14.1. The van der Waals surface area contributed by atoms with E-state index < -0.39 is 6.10 Å². The largest absolute Gasteiger partial charge is 0.393 e. The highest BCUT2D eigenvalue weighted by Gasteiger charge is 2.32. The zero-order chi connectivity index (χ0) is 20.9. The first-order valence-electron chi connectivity index (χ1n) is 11.1. The Balaban J connectivity index is 1.71. The van der Waals surface area contributed by atoms with Crippen molar-refractivity contribution in [2.45, 2.75) is 70.5 Å². The summed E-state index contributed by atoms with van der Waals surface area (Å²) in [6, 6.07) is 10.2. The van der Waals surface area contributed by atoms with Gasteiger partial charge in [-0.15, -0.1) is 0 Å². The maximum atomic E-state index is 11.4. The second kappa shape index (κ2) is 13.3. The van der Waals surface area contributed by atoms with E-state index in [0.717, 1.165) is 38.5 Å². The van der Waals surface area contributed by atoms with E-state index in [1.165, 1.54) is 5.56 Å². The summed E-state index contributed by atoms with van der Waals surface area (Å²) in [5.74, 6) is 0.652. The zero-order valence-corrected chi connectivity index (χ0v) is 17.7. The number of carbonyl (C=O) groups excluding carboxylic acids is 1. The molecule has 2 rings (SSSR count). The Bertz CT molecular complexity index is 641. The fourth-order valence-electron chi connectivity index (χ4n) is 4.01. The van der Waals surface area contributed by atoms with Gasteiger partial charge in [-0.3, -0.25) is 4.79 Å². The average molecular weight is 400 g/mol. The fraction of sp³-hybridized carbons (Fsp3) is 0.560. The molecule has 4 atom stereocenters. The van der Waals surface area contributed by atoms with Crippen molar-refractivity contribution in [1.82, 2.24) is 5.32 Å². The Morgan fingerprint density at radius 1 is 1.24 bits per heavy atom.